The van der Waals surface area contributed by atoms with E-state index in [1.54, 1.807) is 13.1 Å². The molecular formula is C9H15N3OS. The van der Waals surface area contributed by atoms with Crippen LogP contribution in [-0.4, -0.2) is 19.5 Å². The van der Waals surface area contributed by atoms with E-state index >= 15 is 0 Å². The van der Waals surface area contributed by atoms with Gasteiger partial charge in [-0.25, -0.2) is 0 Å². The highest BCUT2D eigenvalue weighted by molar-refractivity contribution is 7.18. The first-order chi connectivity index (χ1) is 6.69. The first kappa shape index (κ1) is 10.8. The average molecular weight is 213 g/mol. The molecule has 14 heavy (non-hydrogen) atoms. The van der Waals surface area contributed by atoms with E-state index < -0.39 is 0 Å². The molecule has 0 atom stereocenters. The number of hydrogen-bond acceptors (Lipinski definition) is 4. The van der Waals surface area contributed by atoms with Crippen molar-refractivity contribution in [3.63, 3.8) is 0 Å². The highest BCUT2D eigenvalue weighted by Crippen LogP contribution is 2.28. The largest absolute Gasteiger partial charge is 0.397 e. The van der Waals surface area contributed by atoms with Gasteiger partial charge in [0.15, 0.2) is 0 Å². The van der Waals surface area contributed by atoms with Crippen LogP contribution in [0.1, 0.15) is 23.0 Å². The third kappa shape index (κ3) is 2.38. The van der Waals surface area contributed by atoms with Crippen molar-refractivity contribution >= 4 is 27.9 Å². The average Bonchev–Trinajstić information content (AvgIpc) is 2.55. The summed E-state index contributed by atoms with van der Waals surface area (Å²) in [7, 11) is 1.60. The molecule has 1 aromatic heterocycles. The van der Waals surface area contributed by atoms with Crippen LogP contribution in [0, 0.1) is 0 Å². The van der Waals surface area contributed by atoms with Gasteiger partial charge in [0, 0.05) is 13.6 Å². The van der Waals surface area contributed by atoms with Gasteiger partial charge in [-0.15, -0.1) is 11.3 Å². The van der Waals surface area contributed by atoms with E-state index in [1.165, 1.54) is 11.3 Å². The fourth-order valence-electron chi connectivity index (χ4n) is 1.03. The van der Waals surface area contributed by atoms with Crippen LogP contribution in [0.2, 0.25) is 0 Å². The summed E-state index contributed by atoms with van der Waals surface area (Å²) in [6.07, 6.45) is 1.05. The Morgan fingerprint density at radius 1 is 1.64 bits per heavy atom. The molecule has 4 nitrogen and oxygen atoms in total. The second-order valence-electron chi connectivity index (χ2n) is 2.90. The van der Waals surface area contributed by atoms with Crippen molar-refractivity contribution in [3.8, 4) is 0 Å². The molecule has 0 bridgehead atoms. The van der Waals surface area contributed by atoms with Crippen LogP contribution in [0.4, 0.5) is 10.7 Å². The Bertz CT molecular complexity index is 322. The number of thiophene rings is 1. The van der Waals surface area contributed by atoms with Crippen molar-refractivity contribution < 1.29 is 4.79 Å². The smallest absolute Gasteiger partial charge is 0.263 e. The number of hydrogen-bond donors (Lipinski definition) is 3. The Morgan fingerprint density at radius 2 is 2.36 bits per heavy atom. The van der Waals surface area contributed by atoms with Crippen LogP contribution in [0.5, 0.6) is 0 Å². The molecule has 1 rings (SSSR count). The molecule has 0 saturated heterocycles. The summed E-state index contributed by atoms with van der Waals surface area (Å²) in [6, 6.07) is 1.80. The van der Waals surface area contributed by atoms with Crippen molar-refractivity contribution in [1.82, 2.24) is 5.32 Å². The van der Waals surface area contributed by atoms with Crippen LogP contribution in [0.25, 0.3) is 0 Å². The highest BCUT2D eigenvalue weighted by Gasteiger charge is 2.12. The van der Waals surface area contributed by atoms with Gasteiger partial charge in [0.05, 0.1) is 10.7 Å². The summed E-state index contributed by atoms with van der Waals surface area (Å²) >= 11 is 1.38. The third-order valence-electron chi connectivity index (χ3n) is 1.74. The van der Waals surface area contributed by atoms with Gasteiger partial charge in [0.2, 0.25) is 0 Å². The molecule has 0 unspecified atom stereocenters. The minimum absolute atomic E-state index is 0.128. The lowest BCUT2D eigenvalue weighted by atomic mass is 10.4. The van der Waals surface area contributed by atoms with Crippen LogP contribution in [0.3, 0.4) is 0 Å². The van der Waals surface area contributed by atoms with Gasteiger partial charge in [-0.2, -0.15) is 0 Å². The molecule has 0 radical (unpaired) electrons. The summed E-state index contributed by atoms with van der Waals surface area (Å²) < 4.78 is 0. The molecular weight excluding hydrogens is 198 g/mol. The SMILES string of the molecule is CCCNc1cc(N)c(C(=O)NC)s1. The van der Waals surface area contributed by atoms with Crippen molar-refractivity contribution in [3.05, 3.63) is 10.9 Å². The lowest BCUT2D eigenvalue weighted by Crippen LogP contribution is -2.17. The first-order valence-corrected chi connectivity index (χ1v) is 5.36. The Labute approximate surface area is 87.5 Å². The zero-order chi connectivity index (χ0) is 10.6. The summed E-state index contributed by atoms with van der Waals surface area (Å²) in [4.78, 5) is 11.9. The predicted molar refractivity (Wildman–Crippen MR) is 60.9 cm³/mol. The predicted octanol–water partition coefficient (Wildman–Crippen LogP) is 1.51. The molecule has 0 aliphatic carbocycles. The van der Waals surface area contributed by atoms with Crippen molar-refractivity contribution in [2.24, 2.45) is 0 Å². The summed E-state index contributed by atoms with van der Waals surface area (Å²) in [5.74, 6) is -0.128. The standard InChI is InChI=1S/C9H15N3OS/c1-3-4-12-7-5-6(10)8(14-7)9(13)11-2/h5,12H,3-4,10H2,1-2H3,(H,11,13). The number of carbonyl (C=O) groups excluding carboxylic acids is 1. The lowest BCUT2D eigenvalue weighted by Gasteiger charge is -1.98. The molecule has 1 aromatic rings. The Morgan fingerprint density at radius 3 is 2.93 bits per heavy atom. The van der Waals surface area contributed by atoms with Crippen molar-refractivity contribution in [2.45, 2.75) is 13.3 Å². The van der Waals surface area contributed by atoms with Gasteiger partial charge in [-0.3, -0.25) is 4.79 Å². The second kappa shape index (κ2) is 4.85. The van der Waals surface area contributed by atoms with Gasteiger partial charge in [-0.05, 0) is 12.5 Å². The Kier molecular flexibility index (Phi) is 3.76. The van der Waals surface area contributed by atoms with E-state index in [-0.39, 0.29) is 5.91 Å². The molecule has 0 fully saturated rings. The zero-order valence-corrected chi connectivity index (χ0v) is 9.20. The van der Waals surface area contributed by atoms with Gasteiger partial charge >= 0.3 is 0 Å². The topological polar surface area (TPSA) is 67.1 Å². The maximum Gasteiger partial charge on any atom is 0.263 e. The molecule has 78 valence electrons. The number of amides is 1. The fraction of sp³-hybridized carbons (Fsp3) is 0.444. The quantitative estimate of drug-likeness (QED) is 0.710. The Balaban J connectivity index is 2.77. The highest BCUT2D eigenvalue weighted by atomic mass is 32.1. The minimum atomic E-state index is -0.128. The molecule has 1 amide bonds. The van der Waals surface area contributed by atoms with E-state index in [0.29, 0.717) is 10.6 Å². The molecule has 0 aliphatic heterocycles. The minimum Gasteiger partial charge on any atom is -0.397 e. The first-order valence-electron chi connectivity index (χ1n) is 4.54. The Hall–Kier alpha value is -1.23. The number of rotatable bonds is 4. The molecule has 5 heteroatoms. The fourth-order valence-corrected chi connectivity index (χ4v) is 1.98. The number of carbonyl (C=O) groups is 1. The molecule has 0 aromatic carbocycles. The van der Waals surface area contributed by atoms with E-state index in [4.69, 9.17) is 5.73 Å². The maximum absolute atomic E-state index is 11.3. The van der Waals surface area contributed by atoms with E-state index in [1.807, 2.05) is 0 Å². The van der Waals surface area contributed by atoms with Crippen LogP contribution in [0.15, 0.2) is 6.07 Å². The lowest BCUT2D eigenvalue weighted by molar-refractivity contribution is 0.0968. The van der Waals surface area contributed by atoms with Crippen molar-refractivity contribution in [1.29, 1.82) is 0 Å². The summed E-state index contributed by atoms with van der Waals surface area (Å²) in [5.41, 5.74) is 6.23. The molecule has 1 heterocycles. The monoisotopic (exact) mass is 213 g/mol. The summed E-state index contributed by atoms with van der Waals surface area (Å²) in [6.45, 7) is 2.98. The van der Waals surface area contributed by atoms with Crippen LogP contribution >= 0.6 is 11.3 Å². The molecule has 0 saturated carbocycles. The van der Waals surface area contributed by atoms with Gasteiger partial charge in [-0.1, -0.05) is 6.92 Å². The third-order valence-corrected chi connectivity index (χ3v) is 2.85. The number of nitrogen functional groups attached to an aromatic ring is 1. The van der Waals surface area contributed by atoms with E-state index in [2.05, 4.69) is 17.6 Å². The molecule has 4 N–H and O–H groups in total. The molecule has 0 spiro atoms. The van der Waals surface area contributed by atoms with Crippen LogP contribution in [-0.2, 0) is 0 Å². The molecule has 0 aliphatic rings. The number of nitrogens with two attached hydrogens (primary N) is 1. The maximum atomic E-state index is 11.3. The van der Waals surface area contributed by atoms with Gasteiger partial charge < -0.3 is 16.4 Å². The van der Waals surface area contributed by atoms with Gasteiger partial charge in [0.25, 0.3) is 5.91 Å². The van der Waals surface area contributed by atoms with E-state index in [0.717, 1.165) is 18.0 Å². The number of nitrogens with one attached hydrogen (secondary N) is 2. The van der Waals surface area contributed by atoms with E-state index in [9.17, 15) is 4.79 Å². The van der Waals surface area contributed by atoms with Gasteiger partial charge in [0.1, 0.15) is 4.88 Å². The van der Waals surface area contributed by atoms with Crippen LogP contribution < -0.4 is 16.4 Å². The zero-order valence-electron chi connectivity index (χ0n) is 8.39. The second-order valence-corrected chi connectivity index (χ2v) is 3.95. The number of anilines is 2. The normalized spacial score (nSPS) is 9.86. The summed E-state index contributed by atoms with van der Waals surface area (Å²) in [5, 5.41) is 6.70. The van der Waals surface area contributed by atoms with Crippen molar-refractivity contribution in [2.75, 3.05) is 24.6 Å².